The molecule has 0 saturated heterocycles. The first-order valence-corrected chi connectivity index (χ1v) is 7.73. The third-order valence-electron chi connectivity index (χ3n) is 3.21. The van der Waals surface area contributed by atoms with Gasteiger partial charge in [-0.3, -0.25) is 4.79 Å². The Morgan fingerprint density at radius 1 is 1.19 bits per heavy atom. The number of hydrogen-bond donors (Lipinski definition) is 1. The number of benzene rings is 2. The van der Waals surface area contributed by atoms with Crippen molar-refractivity contribution in [3.63, 3.8) is 0 Å². The third kappa shape index (κ3) is 3.47. The van der Waals surface area contributed by atoms with E-state index in [-0.39, 0.29) is 5.91 Å². The van der Waals surface area contributed by atoms with Gasteiger partial charge in [0.15, 0.2) is 0 Å². The highest BCUT2D eigenvalue weighted by Gasteiger charge is 2.07. The Hall–Kier alpha value is -2.20. The summed E-state index contributed by atoms with van der Waals surface area (Å²) in [5.41, 5.74) is 3.00. The predicted molar refractivity (Wildman–Crippen MR) is 87.7 cm³/mol. The maximum Gasteiger partial charge on any atom is 0.224 e. The van der Waals surface area contributed by atoms with E-state index in [9.17, 15) is 4.79 Å². The van der Waals surface area contributed by atoms with Crippen LogP contribution in [0.1, 0.15) is 17.0 Å². The van der Waals surface area contributed by atoms with Gasteiger partial charge in [-0.2, -0.15) is 0 Å². The number of hydrogen-bond acceptors (Lipinski definition) is 3. The van der Waals surface area contributed by atoms with Crippen LogP contribution >= 0.6 is 11.3 Å². The second kappa shape index (κ2) is 6.06. The largest absolute Gasteiger partial charge is 0.326 e. The van der Waals surface area contributed by atoms with E-state index in [1.807, 2.05) is 49.4 Å². The molecule has 21 heavy (non-hydrogen) atoms. The number of para-hydroxylation sites is 1. The van der Waals surface area contributed by atoms with E-state index >= 15 is 0 Å². The molecule has 3 rings (SSSR count). The van der Waals surface area contributed by atoms with E-state index in [4.69, 9.17) is 0 Å². The zero-order chi connectivity index (χ0) is 14.7. The molecule has 0 atom stereocenters. The minimum Gasteiger partial charge on any atom is -0.326 e. The lowest BCUT2D eigenvalue weighted by atomic mass is 10.2. The zero-order valence-corrected chi connectivity index (χ0v) is 12.6. The molecule has 0 saturated carbocycles. The Labute approximate surface area is 127 Å². The maximum atomic E-state index is 12.0. The topological polar surface area (TPSA) is 42.0 Å². The summed E-state index contributed by atoms with van der Waals surface area (Å²) in [4.78, 5) is 16.5. The van der Waals surface area contributed by atoms with E-state index < -0.39 is 0 Å². The lowest BCUT2D eigenvalue weighted by molar-refractivity contribution is -0.116. The minimum absolute atomic E-state index is 0.0276. The van der Waals surface area contributed by atoms with Gasteiger partial charge in [0.2, 0.25) is 5.91 Å². The molecule has 0 fully saturated rings. The van der Waals surface area contributed by atoms with Crippen LogP contribution in [0.25, 0.3) is 10.2 Å². The molecule has 0 aliphatic rings. The number of anilines is 1. The van der Waals surface area contributed by atoms with Crippen molar-refractivity contribution >= 4 is 33.1 Å². The summed E-state index contributed by atoms with van der Waals surface area (Å²) >= 11 is 1.66. The summed E-state index contributed by atoms with van der Waals surface area (Å²) in [7, 11) is 0. The molecule has 1 heterocycles. The molecule has 3 nitrogen and oxygen atoms in total. The molecular formula is C17H16N2OS. The van der Waals surface area contributed by atoms with Crippen molar-refractivity contribution in [2.45, 2.75) is 19.8 Å². The molecule has 0 spiro atoms. The van der Waals surface area contributed by atoms with Gasteiger partial charge in [-0.1, -0.05) is 24.3 Å². The molecule has 2 aromatic carbocycles. The quantitative estimate of drug-likeness (QED) is 0.785. The van der Waals surface area contributed by atoms with Crippen molar-refractivity contribution in [1.29, 1.82) is 0 Å². The second-order valence-electron chi connectivity index (χ2n) is 4.99. The van der Waals surface area contributed by atoms with Crippen LogP contribution < -0.4 is 5.32 Å². The van der Waals surface area contributed by atoms with Crippen LogP contribution in [-0.4, -0.2) is 10.9 Å². The van der Waals surface area contributed by atoms with Gasteiger partial charge in [-0.15, -0.1) is 11.3 Å². The number of fused-ring (bicyclic) bond motifs is 1. The van der Waals surface area contributed by atoms with Crippen LogP contribution in [0.15, 0.2) is 48.5 Å². The van der Waals surface area contributed by atoms with Crippen molar-refractivity contribution < 1.29 is 4.79 Å². The van der Waals surface area contributed by atoms with Crippen LogP contribution in [0.4, 0.5) is 5.69 Å². The Balaban J connectivity index is 1.60. The van der Waals surface area contributed by atoms with E-state index in [0.717, 1.165) is 21.8 Å². The highest BCUT2D eigenvalue weighted by atomic mass is 32.1. The van der Waals surface area contributed by atoms with Gasteiger partial charge in [-0.05, 0) is 36.8 Å². The van der Waals surface area contributed by atoms with Gasteiger partial charge in [0.05, 0.1) is 15.2 Å². The van der Waals surface area contributed by atoms with Crippen LogP contribution in [0.5, 0.6) is 0 Å². The Kier molecular flexibility index (Phi) is 3.97. The van der Waals surface area contributed by atoms with E-state index in [2.05, 4.69) is 16.4 Å². The van der Waals surface area contributed by atoms with Crippen molar-refractivity contribution in [3.8, 4) is 0 Å². The number of carbonyl (C=O) groups excluding carboxylic acids is 1. The van der Waals surface area contributed by atoms with E-state index in [1.54, 1.807) is 11.3 Å². The highest BCUT2D eigenvalue weighted by molar-refractivity contribution is 7.18. The number of amides is 1. The molecule has 4 heteroatoms. The molecule has 1 aromatic heterocycles. The number of nitrogens with zero attached hydrogens (tertiary/aromatic N) is 1. The molecule has 106 valence electrons. The SMILES string of the molecule is Cc1cccc(NC(=O)CCc2nc3ccccc3s2)c1. The van der Waals surface area contributed by atoms with E-state index in [1.165, 1.54) is 4.70 Å². The highest BCUT2D eigenvalue weighted by Crippen LogP contribution is 2.22. The smallest absolute Gasteiger partial charge is 0.224 e. The van der Waals surface area contributed by atoms with Gasteiger partial charge in [-0.25, -0.2) is 4.98 Å². The molecular weight excluding hydrogens is 280 g/mol. The summed E-state index contributed by atoms with van der Waals surface area (Å²) in [6.07, 6.45) is 1.13. The monoisotopic (exact) mass is 296 g/mol. The molecule has 3 aromatic rings. The lowest BCUT2D eigenvalue weighted by Gasteiger charge is -2.05. The zero-order valence-electron chi connectivity index (χ0n) is 11.8. The lowest BCUT2D eigenvalue weighted by Crippen LogP contribution is -2.12. The maximum absolute atomic E-state index is 12.0. The van der Waals surface area contributed by atoms with Crippen LogP contribution in [0.2, 0.25) is 0 Å². The number of nitrogens with one attached hydrogen (secondary N) is 1. The summed E-state index contributed by atoms with van der Waals surface area (Å²) in [6.45, 7) is 2.01. The van der Waals surface area contributed by atoms with Gasteiger partial charge in [0, 0.05) is 18.5 Å². The van der Waals surface area contributed by atoms with Crippen molar-refractivity contribution in [2.75, 3.05) is 5.32 Å². The summed E-state index contributed by atoms with van der Waals surface area (Å²) in [5.74, 6) is 0.0276. The Morgan fingerprint density at radius 2 is 2.05 bits per heavy atom. The van der Waals surface area contributed by atoms with Crippen molar-refractivity contribution in [1.82, 2.24) is 4.98 Å². The number of aromatic nitrogens is 1. The number of aryl methyl sites for hydroxylation is 2. The normalized spacial score (nSPS) is 10.7. The Bertz CT molecular complexity index is 746. The summed E-state index contributed by atoms with van der Waals surface area (Å²) < 4.78 is 1.17. The van der Waals surface area contributed by atoms with Crippen LogP contribution in [-0.2, 0) is 11.2 Å². The van der Waals surface area contributed by atoms with E-state index in [0.29, 0.717) is 12.8 Å². The summed E-state index contributed by atoms with van der Waals surface area (Å²) in [6, 6.07) is 15.9. The number of carbonyl (C=O) groups is 1. The first-order valence-electron chi connectivity index (χ1n) is 6.92. The average molecular weight is 296 g/mol. The average Bonchev–Trinajstić information content (AvgIpc) is 2.88. The molecule has 0 aliphatic carbocycles. The molecule has 1 N–H and O–H groups in total. The van der Waals surface area contributed by atoms with Crippen molar-refractivity contribution in [2.24, 2.45) is 0 Å². The standard InChI is InChI=1S/C17H16N2OS/c1-12-5-4-6-13(11-12)18-16(20)9-10-17-19-14-7-2-3-8-15(14)21-17/h2-8,11H,9-10H2,1H3,(H,18,20). The molecule has 0 unspecified atom stereocenters. The second-order valence-corrected chi connectivity index (χ2v) is 6.11. The summed E-state index contributed by atoms with van der Waals surface area (Å²) in [5, 5.41) is 3.93. The van der Waals surface area contributed by atoms with Gasteiger partial charge < -0.3 is 5.32 Å². The first-order chi connectivity index (χ1) is 10.2. The third-order valence-corrected chi connectivity index (χ3v) is 4.30. The molecule has 1 amide bonds. The molecule has 0 bridgehead atoms. The minimum atomic E-state index is 0.0276. The molecule has 0 aliphatic heterocycles. The number of thiazole rings is 1. The van der Waals surface area contributed by atoms with Crippen LogP contribution in [0, 0.1) is 6.92 Å². The molecule has 0 radical (unpaired) electrons. The fourth-order valence-corrected chi connectivity index (χ4v) is 3.16. The Morgan fingerprint density at radius 3 is 2.86 bits per heavy atom. The van der Waals surface area contributed by atoms with Gasteiger partial charge in [0.1, 0.15) is 0 Å². The fourth-order valence-electron chi connectivity index (χ4n) is 2.19. The number of rotatable bonds is 4. The first kappa shape index (κ1) is 13.8. The van der Waals surface area contributed by atoms with Gasteiger partial charge >= 0.3 is 0 Å². The predicted octanol–water partition coefficient (Wildman–Crippen LogP) is 4.18. The van der Waals surface area contributed by atoms with Gasteiger partial charge in [0.25, 0.3) is 0 Å². The fraction of sp³-hybridized carbons (Fsp3) is 0.176. The van der Waals surface area contributed by atoms with Crippen molar-refractivity contribution in [3.05, 3.63) is 59.1 Å². The van der Waals surface area contributed by atoms with Crippen LogP contribution in [0.3, 0.4) is 0 Å².